The minimum absolute atomic E-state index is 0.114. The van der Waals surface area contributed by atoms with Crippen molar-refractivity contribution < 1.29 is 9.18 Å². The molecule has 9 heteroatoms. The summed E-state index contributed by atoms with van der Waals surface area (Å²) in [5, 5.41) is 8.49. The zero-order valence-electron chi connectivity index (χ0n) is 20.9. The van der Waals surface area contributed by atoms with Gasteiger partial charge in [0.25, 0.3) is 5.91 Å². The minimum Gasteiger partial charge on any atom is -0.340 e. The van der Waals surface area contributed by atoms with Gasteiger partial charge >= 0.3 is 0 Å². The highest BCUT2D eigenvalue weighted by molar-refractivity contribution is 6.21. The van der Waals surface area contributed by atoms with Crippen molar-refractivity contribution in [3.8, 4) is 11.3 Å². The zero-order valence-corrected chi connectivity index (χ0v) is 20.9. The first-order chi connectivity index (χ1) is 18.6. The van der Waals surface area contributed by atoms with Gasteiger partial charge in [-0.2, -0.15) is 5.10 Å². The van der Waals surface area contributed by atoms with E-state index in [1.807, 2.05) is 59.3 Å². The highest BCUT2D eigenvalue weighted by Gasteiger charge is 2.49. The molecular weight excluding hydrogens is 481 g/mol. The van der Waals surface area contributed by atoms with Crippen LogP contribution in [-0.2, 0) is 6.54 Å². The fourth-order valence-corrected chi connectivity index (χ4v) is 5.70. The summed E-state index contributed by atoms with van der Waals surface area (Å²) in [5.41, 5.74) is 4.07. The van der Waals surface area contributed by atoms with Gasteiger partial charge in [0.1, 0.15) is 17.2 Å². The highest BCUT2D eigenvalue weighted by Crippen LogP contribution is 2.43. The van der Waals surface area contributed by atoms with Crippen molar-refractivity contribution in [2.24, 2.45) is 4.99 Å². The Bertz CT molecular complexity index is 1550. The molecule has 1 N–H and O–H groups in total. The van der Waals surface area contributed by atoms with Crippen LogP contribution in [0, 0.1) is 5.82 Å². The van der Waals surface area contributed by atoms with Crippen LogP contribution in [0.5, 0.6) is 0 Å². The first-order valence-electron chi connectivity index (χ1n) is 12.9. The van der Waals surface area contributed by atoms with Crippen LogP contribution in [0.2, 0.25) is 0 Å². The number of nitrogens with zero attached hydrogens (tertiary/aromatic N) is 6. The molecule has 38 heavy (non-hydrogen) atoms. The molecule has 2 aromatic carbocycles. The third kappa shape index (κ3) is 3.65. The number of rotatable bonds is 5. The number of hydrogen-bond acceptors (Lipinski definition) is 6. The van der Waals surface area contributed by atoms with E-state index >= 15 is 0 Å². The lowest BCUT2D eigenvalue weighted by Crippen LogP contribution is -2.51. The van der Waals surface area contributed by atoms with E-state index in [9.17, 15) is 9.18 Å². The van der Waals surface area contributed by atoms with Crippen LogP contribution in [0.1, 0.15) is 35.2 Å². The van der Waals surface area contributed by atoms with Gasteiger partial charge in [-0.3, -0.25) is 19.6 Å². The number of para-hydroxylation sites is 1. The average molecular weight is 508 g/mol. The number of fused-ring (bicyclic) bond motifs is 5. The molecule has 3 aliphatic rings. The second-order valence-electron chi connectivity index (χ2n) is 9.98. The lowest BCUT2D eigenvalue weighted by atomic mass is 10.1. The Morgan fingerprint density at radius 3 is 2.61 bits per heavy atom. The van der Waals surface area contributed by atoms with E-state index in [1.165, 1.54) is 12.3 Å². The maximum Gasteiger partial charge on any atom is 0.267 e. The molecule has 0 spiro atoms. The van der Waals surface area contributed by atoms with Crippen LogP contribution in [0.3, 0.4) is 0 Å². The Morgan fingerprint density at radius 2 is 1.84 bits per heavy atom. The highest BCUT2D eigenvalue weighted by atomic mass is 19.1. The average Bonchev–Trinajstić information content (AvgIpc) is 3.63. The smallest absolute Gasteiger partial charge is 0.267 e. The minimum atomic E-state index is -0.359. The number of halogens is 1. The zero-order chi connectivity index (χ0) is 25.8. The number of benzene rings is 2. The Morgan fingerprint density at radius 1 is 1.03 bits per heavy atom. The molecule has 1 unspecified atom stereocenters. The van der Waals surface area contributed by atoms with Gasteiger partial charge in [0.05, 0.1) is 30.5 Å². The van der Waals surface area contributed by atoms with Crippen molar-refractivity contribution in [2.75, 3.05) is 17.3 Å². The SMILES string of the molecule is CN1C(=O)c2c(nn(Cc3ccc(-c4ccc(F)cn4)cc3)c2Nc2ccccc2)N2C1=NC1CCC[C@@H]12. The van der Waals surface area contributed by atoms with Crippen LogP contribution in [0.15, 0.2) is 77.9 Å². The second-order valence-corrected chi connectivity index (χ2v) is 9.98. The standard InChI is InChI=1S/C29H26FN7O/c1-35-28(38)25-26(32-21-6-3-2-4-7-21)36(34-27(25)37-24-9-5-8-23(24)33-29(35)37)17-18-10-12-19(13-11-18)22-15-14-20(30)16-31-22/h2-4,6-7,10-16,23-24,32H,5,8-9,17H2,1H3/t23?,24-/m0/s1. The van der Waals surface area contributed by atoms with Crippen molar-refractivity contribution in [2.45, 2.75) is 37.9 Å². The number of nitrogens with one attached hydrogen (secondary N) is 1. The number of carbonyl (C=O) groups excluding carboxylic acids is 1. The van der Waals surface area contributed by atoms with E-state index in [0.29, 0.717) is 35.4 Å². The quantitative estimate of drug-likeness (QED) is 0.409. The molecule has 4 aromatic rings. The van der Waals surface area contributed by atoms with Gasteiger partial charge in [-0.25, -0.2) is 14.1 Å². The Balaban J connectivity index is 1.29. The van der Waals surface area contributed by atoms with E-state index in [1.54, 1.807) is 18.0 Å². The predicted octanol–water partition coefficient (Wildman–Crippen LogP) is 5.06. The van der Waals surface area contributed by atoms with Crippen molar-refractivity contribution >= 4 is 29.2 Å². The lowest BCUT2D eigenvalue weighted by Gasteiger charge is -2.34. The van der Waals surface area contributed by atoms with Gasteiger partial charge in [0.15, 0.2) is 5.82 Å². The molecule has 2 atom stereocenters. The van der Waals surface area contributed by atoms with Gasteiger partial charge in [-0.1, -0.05) is 42.5 Å². The summed E-state index contributed by atoms with van der Waals surface area (Å²) in [6.45, 7) is 0.463. The van der Waals surface area contributed by atoms with Crippen LogP contribution in [0.25, 0.3) is 11.3 Å². The number of guanidine groups is 1. The number of hydrogen-bond donors (Lipinski definition) is 1. The summed E-state index contributed by atoms with van der Waals surface area (Å²) in [6.07, 6.45) is 4.41. The molecule has 1 saturated carbocycles. The van der Waals surface area contributed by atoms with E-state index in [2.05, 4.69) is 15.2 Å². The first-order valence-corrected chi connectivity index (χ1v) is 12.9. The van der Waals surface area contributed by atoms with Gasteiger partial charge in [0, 0.05) is 18.3 Å². The molecule has 2 aliphatic heterocycles. The molecule has 0 bridgehead atoms. The number of aliphatic imine (C=N–C) groups is 1. The predicted molar refractivity (Wildman–Crippen MR) is 144 cm³/mol. The monoisotopic (exact) mass is 507 g/mol. The maximum atomic E-state index is 13.7. The molecule has 0 saturated heterocycles. The van der Waals surface area contributed by atoms with E-state index in [4.69, 9.17) is 10.1 Å². The molecule has 1 amide bonds. The molecule has 4 heterocycles. The van der Waals surface area contributed by atoms with Crippen molar-refractivity contribution in [1.82, 2.24) is 19.7 Å². The van der Waals surface area contributed by atoms with Crippen molar-refractivity contribution in [3.05, 3.63) is 89.9 Å². The van der Waals surface area contributed by atoms with E-state index in [-0.39, 0.29) is 23.8 Å². The Kier molecular flexibility index (Phi) is 5.24. The fraction of sp³-hybridized carbons (Fsp3) is 0.241. The summed E-state index contributed by atoms with van der Waals surface area (Å²) >= 11 is 0. The topological polar surface area (TPSA) is 78.7 Å². The summed E-state index contributed by atoms with van der Waals surface area (Å²) in [6, 6.07) is 21.3. The molecule has 190 valence electrons. The molecule has 1 fully saturated rings. The number of aromatic nitrogens is 3. The molecule has 1 aliphatic carbocycles. The summed E-state index contributed by atoms with van der Waals surface area (Å²) in [7, 11) is 1.80. The van der Waals surface area contributed by atoms with Crippen LogP contribution < -0.4 is 10.2 Å². The normalized spacial score (nSPS) is 19.7. The number of amides is 1. The van der Waals surface area contributed by atoms with Crippen LogP contribution in [0.4, 0.5) is 21.7 Å². The van der Waals surface area contributed by atoms with E-state index < -0.39 is 0 Å². The van der Waals surface area contributed by atoms with Gasteiger partial charge in [-0.15, -0.1) is 0 Å². The van der Waals surface area contributed by atoms with Gasteiger partial charge < -0.3 is 5.32 Å². The lowest BCUT2D eigenvalue weighted by molar-refractivity contribution is 0.0866. The molecular formula is C29H26FN7O. The fourth-order valence-electron chi connectivity index (χ4n) is 5.70. The largest absolute Gasteiger partial charge is 0.340 e. The Hall–Kier alpha value is -4.53. The summed E-state index contributed by atoms with van der Waals surface area (Å²) in [5.74, 6) is 1.56. The first kappa shape index (κ1) is 22.7. The van der Waals surface area contributed by atoms with Gasteiger partial charge in [0.2, 0.25) is 5.96 Å². The van der Waals surface area contributed by atoms with Gasteiger partial charge in [-0.05, 0) is 49.1 Å². The molecule has 0 radical (unpaired) electrons. The van der Waals surface area contributed by atoms with Crippen LogP contribution in [-0.4, -0.2) is 50.7 Å². The number of anilines is 3. The Labute approximate surface area is 219 Å². The van der Waals surface area contributed by atoms with E-state index in [0.717, 1.165) is 36.1 Å². The van der Waals surface area contributed by atoms with Crippen molar-refractivity contribution in [3.63, 3.8) is 0 Å². The number of carbonyl (C=O) groups is 1. The third-order valence-corrected chi connectivity index (χ3v) is 7.60. The summed E-state index contributed by atoms with van der Waals surface area (Å²) < 4.78 is 15.2. The molecule has 8 nitrogen and oxygen atoms in total. The molecule has 2 aromatic heterocycles. The molecule has 7 rings (SSSR count). The second kappa shape index (κ2) is 8.79. The van der Waals surface area contributed by atoms with Crippen LogP contribution >= 0.6 is 0 Å². The third-order valence-electron chi connectivity index (χ3n) is 7.60. The van der Waals surface area contributed by atoms with Crippen molar-refractivity contribution in [1.29, 1.82) is 0 Å². The maximum absolute atomic E-state index is 13.7. The summed E-state index contributed by atoms with van der Waals surface area (Å²) in [4.78, 5) is 26.6. The number of pyridine rings is 1.